The summed E-state index contributed by atoms with van der Waals surface area (Å²) in [4.78, 5) is 13.9. The molecule has 6 rings (SSSR count). The molecule has 1 spiro atoms. The summed E-state index contributed by atoms with van der Waals surface area (Å²) >= 11 is 8.35. The number of benzene rings is 2. The van der Waals surface area contributed by atoms with Crippen molar-refractivity contribution in [3.63, 3.8) is 0 Å². The Labute approximate surface area is 213 Å². The normalized spacial score (nSPS) is 23.3. The van der Waals surface area contributed by atoms with Gasteiger partial charge in [0.2, 0.25) is 0 Å². The Morgan fingerprint density at radius 3 is 2.80 bits per heavy atom. The number of para-hydroxylation sites is 1. The van der Waals surface area contributed by atoms with E-state index in [1.807, 2.05) is 61.6 Å². The first-order valence-corrected chi connectivity index (χ1v) is 12.9. The second kappa shape index (κ2) is 9.04. The SMILES string of the molecule is Cn1cc2c(c1)C1=CCCN(c3ccccc3Cl)N3C(C(=O)OCCc4ccccc4)NNC13S2. The van der Waals surface area contributed by atoms with Gasteiger partial charge in [-0.15, -0.1) is 0 Å². The smallest absolute Gasteiger partial charge is 0.341 e. The van der Waals surface area contributed by atoms with Crippen molar-refractivity contribution in [1.82, 2.24) is 20.4 Å². The molecule has 180 valence electrons. The lowest BCUT2D eigenvalue weighted by molar-refractivity contribution is -0.150. The van der Waals surface area contributed by atoms with E-state index in [-0.39, 0.29) is 5.97 Å². The van der Waals surface area contributed by atoms with E-state index in [1.54, 1.807) is 11.8 Å². The number of nitrogens with zero attached hydrogens (tertiary/aromatic N) is 3. The van der Waals surface area contributed by atoms with Gasteiger partial charge in [-0.1, -0.05) is 71.9 Å². The lowest BCUT2D eigenvalue weighted by Crippen LogP contribution is -2.59. The third-order valence-electron chi connectivity index (χ3n) is 6.56. The second-order valence-electron chi connectivity index (χ2n) is 8.85. The Bertz CT molecular complexity index is 1300. The molecule has 3 aliphatic heterocycles. The molecule has 9 heteroatoms. The summed E-state index contributed by atoms with van der Waals surface area (Å²) in [5, 5.41) is 4.82. The van der Waals surface area contributed by atoms with Crippen LogP contribution in [0.1, 0.15) is 17.5 Å². The van der Waals surface area contributed by atoms with E-state index in [2.05, 4.69) is 43.9 Å². The Kier molecular flexibility index (Phi) is 5.86. The quantitative estimate of drug-likeness (QED) is 0.503. The fraction of sp³-hybridized carbons (Fsp3) is 0.269. The summed E-state index contributed by atoms with van der Waals surface area (Å²) in [6, 6.07) is 17.8. The number of hydrogen-bond donors (Lipinski definition) is 2. The summed E-state index contributed by atoms with van der Waals surface area (Å²) < 4.78 is 7.85. The van der Waals surface area contributed by atoms with E-state index in [0.717, 1.165) is 28.1 Å². The molecule has 3 aliphatic rings. The van der Waals surface area contributed by atoms with Crippen molar-refractivity contribution in [3.8, 4) is 0 Å². The third-order valence-corrected chi connectivity index (χ3v) is 8.23. The molecule has 1 aromatic heterocycles. The highest BCUT2D eigenvalue weighted by Gasteiger charge is 2.59. The van der Waals surface area contributed by atoms with E-state index >= 15 is 0 Å². The molecule has 2 atom stereocenters. The van der Waals surface area contributed by atoms with E-state index < -0.39 is 11.2 Å². The van der Waals surface area contributed by atoms with Crippen LogP contribution in [0.25, 0.3) is 5.57 Å². The highest BCUT2D eigenvalue weighted by molar-refractivity contribution is 8.01. The molecule has 0 radical (unpaired) electrons. The van der Waals surface area contributed by atoms with Crippen molar-refractivity contribution in [3.05, 3.63) is 89.2 Å². The molecule has 2 unspecified atom stereocenters. The number of rotatable bonds is 5. The van der Waals surface area contributed by atoms with E-state index in [0.29, 0.717) is 24.6 Å². The van der Waals surface area contributed by atoms with Gasteiger partial charge in [0.25, 0.3) is 0 Å². The minimum atomic E-state index is -0.728. The standard InChI is InChI=1S/C26H26ClN5O2S/c1-30-16-19-20-10-7-14-31(22-12-6-5-11-21(22)27)32-24(28-29-26(20,32)35-23(19)17-30)25(33)34-15-13-18-8-3-2-4-9-18/h2-6,8-12,16-17,24,28-29H,7,13-15H2,1H3. The van der Waals surface area contributed by atoms with Gasteiger partial charge in [-0.25, -0.2) is 15.6 Å². The van der Waals surface area contributed by atoms with Crippen LogP contribution >= 0.6 is 23.4 Å². The number of hydrogen-bond acceptors (Lipinski definition) is 7. The van der Waals surface area contributed by atoms with E-state index in [1.165, 1.54) is 5.56 Å². The number of aromatic nitrogens is 1. The molecule has 0 amide bonds. The fourth-order valence-corrected chi connectivity index (χ4v) is 6.77. The number of carbonyl (C=O) groups is 1. The van der Waals surface area contributed by atoms with Crippen LogP contribution in [-0.2, 0) is 23.0 Å². The van der Waals surface area contributed by atoms with Crippen LogP contribution < -0.4 is 15.9 Å². The van der Waals surface area contributed by atoms with Crippen LogP contribution in [0.5, 0.6) is 0 Å². The molecule has 1 fully saturated rings. The van der Waals surface area contributed by atoms with E-state index in [4.69, 9.17) is 16.3 Å². The van der Waals surface area contributed by atoms with E-state index in [9.17, 15) is 4.79 Å². The third kappa shape index (κ3) is 3.86. The zero-order valence-corrected chi connectivity index (χ0v) is 20.9. The molecule has 2 N–H and O–H groups in total. The topological polar surface area (TPSA) is 61.8 Å². The molecule has 3 aromatic rings. The lowest BCUT2D eigenvalue weighted by Gasteiger charge is -2.43. The Morgan fingerprint density at radius 1 is 1.17 bits per heavy atom. The van der Waals surface area contributed by atoms with Gasteiger partial charge in [-0.3, -0.25) is 5.01 Å². The van der Waals surface area contributed by atoms with Crippen LogP contribution in [0, 0.1) is 0 Å². The molecular weight excluding hydrogens is 482 g/mol. The molecular formula is C26H26ClN5O2S. The van der Waals surface area contributed by atoms with Gasteiger partial charge < -0.3 is 9.30 Å². The maximum Gasteiger partial charge on any atom is 0.341 e. The number of ether oxygens (including phenoxy) is 1. The number of aryl methyl sites for hydroxylation is 1. The monoisotopic (exact) mass is 507 g/mol. The number of thioether (sulfide) groups is 1. The van der Waals surface area contributed by atoms with Crippen molar-refractivity contribution >= 4 is 40.6 Å². The predicted molar refractivity (Wildman–Crippen MR) is 138 cm³/mol. The molecule has 4 heterocycles. The fourth-order valence-electron chi connectivity index (χ4n) is 5.01. The average Bonchev–Trinajstić information content (AvgIpc) is 3.46. The second-order valence-corrected chi connectivity index (χ2v) is 10.5. The first kappa shape index (κ1) is 22.7. The lowest BCUT2D eigenvalue weighted by atomic mass is 10.1. The minimum Gasteiger partial charge on any atom is -0.463 e. The molecule has 2 aromatic carbocycles. The molecule has 0 bridgehead atoms. The van der Waals surface area contributed by atoms with Gasteiger partial charge >= 0.3 is 5.97 Å². The molecule has 0 aliphatic carbocycles. The van der Waals surface area contributed by atoms with Gasteiger partial charge in [0.15, 0.2) is 11.2 Å². The van der Waals surface area contributed by atoms with Crippen molar-refractivity contribution in [2.75, 3.05) is 18.2 Å². The summed E-state index contributed by atoms with van der Waals surface area (Å²) in [6.45, 7) is 0.986. The number of fused-ring (bicyclic) bond motifs is 2. The van der Waals surface area contributed by atoms with Crippen LogP contribution in [0.2, 0.25) is 5.02 Å². The number of hydrazine groups is 2. The summed E-state index contributed by atoms with van der Waals surface area (Å²) in [7, 11) is 2.03. The van der Waals surface area contributed by atoms with Crippen LogP contribution in [-0.4, -0.2) is 39.9 Å². The summed E-state index contributed by atoms with van der Waals surface area (Å²) in [5.41, 5.74) is 11.0. The minimum absolute atomic E-state index is 0.310. The number of anilines is 1. The number of carbonyl (C=O) groups excluding carboxylic acids is 1. The number of esters is 1. The van der Waals surface area contributed by atoms with Gasteiger partial charge in [0.05, 0.1) is 17.3 Å². The Hall–Kier alpha value is -2.75. The Morgan fingerprint density at radius 2 is 1.97 bits per heavy atom. The largest absolute Gasteiger partial charge is 0.463 e. The van der Waals surface area contributed by atoms with Crippen molar-refractivity contribution < 1.29 is 9.53 Å². The van der Waals surface area contributed by atoms with Gasteiger partial charge in [-0.05, 0) is 24.1 Å². The van der Waals surface area contributed by atoms with Crippen molar-refractivity contribution in [2.24, 2.45) is 7.05 Å². The predicted octanol–water partition coefficient (Wildman–Crippen LogP) is 4.17. The van der Waals surface area contributed by atoms with Crippen molar-refractivity contribution in [1.29, 1.82) is 0 Å². The van der Waals surface area contributed by atoms with Gasteiger partial charge in [0, 0.05) is 48.4 Å². The molecule has 7 nitrogen and oxygen atoms in total. The van der Waals surface area contributed by atoms with Crippen LogP contribution in [0.3, 0.4) is 0 Å². The Balaban J connectivity index is 1.33. The highest BCUT2D eigenvalue weighted by atomic mass is 35.5. The molecule has 1 saturated heterocycles. The highest BCUT2D eigenvalue weighted by Crippen LogP contribution is 2.56. The van der Waals surface area contributed by atoms with Gasteiger partial charge in [-0.2, -0.15) is 5.01 Å². The van der Waals surface area contributed by atoms with Crippen LogP contribution in [0.15, 0.2) is 78.0 Å². The van der Waals surface area contributed by atoms with Crippen molar-refractivity contribution in [2.45, 2.75) is 28.9 Å². The maximum atomic E-state index is 13.5. The summed E-state index contributed by atoms with van der Waals surface area (Å²) in [5.74, 6) is -0.332. The molecule has 0 saturated carbocycles. The average molecular weight is 508 g/mol. The zero-order chi connectivity index (χ0) is 24.0. The first-order chi connectivity index (χ1) is 17.1. The van der Waals surface area contributed by atoms with Crippen LogP contribution in [0.4, 0.5) is 5.69 Å². The number of halogens is 1. The molecule has 35 heavy (non-hydrogen) atoms. The van der Waals surface area contributed by atoms with Gasteiger partial charge in [0.1, 0.15) is 0 Å². The number of nitrogens with one attached hydrogen (secondary N) is 2. The summed E-state index contributed by atoms with van der Waals surface area (Å²) in [6.07, 6.45) is 7.27. The maximum absolute atomic E-state index is 13.5. The first-order valence-electron chi connectivity index (χ1n) is 11.7. The zero-order valence-electron chi connectivity index (χ0n) is 19.3.